The highest BCUT2D eigenvalue weighted by Crippen LogP contribution is 2.18. The summed E-state index contributed by atoms with van der Waals surface area (Å²) in [5.74, 6) is 0.486. The molecule has 1 aromatic carbocycles. The molecule has 0 radical (unpaired) electrons. The molecule has 2 heterocycles. The van der Waals surface area contributed by atoms with Crippen LogP contribution in [-0.2, 0) is 6.61 Å². The summed E-state index contributed by atoms with van der Waals surface area (Å²) in [6, 6.07) is 7.79. The molecular weight excluding hydrogens is 332 g/mol. The number of aryl methyl sites for hydroxylation is 2. The van der Waals surface area contributed by atoms with Gasteiger partial charge in [-0.3, -0.25) is 10.1 Å². The van der Waals surface area contributed by atoms with Gasteiger partial charge >= 0.3 is 0 Å². The van der Waals surface area contributed by atoms with Crippen molar-refractivity contribution in [2.24, 2.45) is 0 Å². The van der Waals surface area contributed by atoms with Crippen LogP contribution in [0.2, 0.25) is 0 Å². The minimum absolute atomic E-state index is 0.293. The number of nitrogens with zero attached hydrogens (tertiary/aromatic N) is 3. The number of ether oxygens (including phenoxy) is 1. The quantitative estimate of drug-likeness (QED) is 0.766. The first kappa shape index (κ1) is 15.6. The molecule has 0 unspecified atom stereocenters. The standard InChI is InChI=1S/C15H14N4O2S2/c1-9-3-5-11(6-4-9)21-7-13-16-12(8-22-13)14(20)17-15-19-18-10(2)23-15/h3-6,8H,7H2,1-2H3,(H,17,19,20). The summed E-state index contributed by atoms with van der Waals surface area (Å²) in [7, 11) is 0. The number of thiazole rings is 1. The normalized spacial score (nSPS) is 10.5. The highest BCUT2D eigenvalue weighted by Gasteiger charge is 2.13. The fourth-order valence-corrected chi connectivity index (χ4v) is 3.04. The molecule has 3 rings (SSSR count). The molecule has 0 spiro atoms. The molecule has 0 aliphatic carbocycles. The highest BCUT2D eigenvalue weighted by atomic mass is 32.1. The zero-order chi connectivity index (χ0) is 16.2. The van der Waals surface area contributed by atoms with E-state index in [4.69, 9.17) is 4.74 Å². The van der Waals surface area contributed by atoms with Gasteiger partial charge in [0.25, 0.3) is 5.91 Å². The van der Waals surface area contributed by atoms with Crippen molar-refractivity contribution in [2.75, 3.05) is 5.32 Å². The zero-order valence-electron chi connectivity index (χ0n) is 12.6. The molecule has 118 valence electrons. The summed E-state index contributed by atoms with van der Waals surface area (Å²) >= 11 is 2.71. The Bertz CT molecular complexity index is 811. The second-order valence-electron chi connectivity index (χ2n) is 4.81. The second-order valence-corrected chi connectivity index (χ2v) is 6.93. The molecule has 0 atom stereocenters. The Balaban J connectivity index is 1.59. The third-order valence-corrected chi connectivity index (χ3v) is 4.49. The molecule has 0 aliphatic heterocycles. The van der Waals surface area contributed by atoms with Crippen molar-refractivity contribution in [1.82, 2.24) is 15.2 Å². The van der Waals surface area contributed by atoms with Gasteiger partial charge < -0.3 is 4.74 Å². The Morgan fingerprint density at radius 1 is 1.22 bits per heavy atom. The van der Waals surface area contributed by atoms with E-state index >= 15 is 0 Å². The van der Waals surface area contributed by atoms with Crippen molar-refractivity contribution in [2.45, 2.75) is 20.5 Å². The van der Waals surface area contributed by atoms with Gasteiger partial charge in [-0.2, -0.15) is 0 Å². The molecule has 0 saturated carbocycles. The first-order valence-electron chi connectivity index (χ1n) is 6.85. The van der Waals surface area contributed by atoms with Crippen molar-refractivity contribution in [3.63, 3.8) is 0 Å². The molecule has 23 heavy (non-hydrogen) atoms. The van der Waals surface area contributed by atoms with Crippen LogP contribution in [0.25, 0.3) is 0 Å². The van der Waals surface area contributed by atoms with Crippen LogP contribution in [0.1, 0.15) is 26.1 Å². The summed E-state index contributed by atoms with van der Waals surface area (Å²) in [6.45, 7) is 4.19. The van der Waals surface area contributed by atoms with E-state index in [0.717, 1.165) is 15.8 Å². The number of anilines is 1. The van der Waals surface area contributed by atoms with E-state index in [1.807, 2.05) is 38.1 Å². The topological polar surface area (TPSA) is 77.0 Å². The Morgan fingerprint density at radius 2 is 2.00 bits per heavy atom. The number of nitrogens with one attached hydrogen (secondary N) is 1. The van der Waals surface area contributed by atoms with Gasteiger partial charge in [-0.25, -0.2) is 4.98 Å². The fraction of sp³-hybridized carbons (Fsp3) is 0.200. The molecule has 1 N–H and O–H groups in total. The van der Waals surface area contributed by atoms with Gasteiger partial charge in [-0.15, -0.1) is 21.5 Å². The lowest BCUT2D eigenvalue weighted by atomic mass is 10.2. The average molecular weight is 346 g/mol. The molecule has 6 nitrogen and oxygen atoms in total. The summed E-state index contributed by atoms with van der Waals surface area (Å²) in [6.07, 6.45) is 0. The molecule has 8 heteroatoms. The summed E-state index contributed by atoms with van der Waals surface area (Å²) in [5.41, 5.74) is 1.53. The number of carbonyl (C=O) groups is 1. The van der Waals surface area contributed by atoms with Crippen LogP contribution < -0.4 is 10.1 Å². The monoisotopic (exact) mass is 346 g/mol. The first-order chi connectivity index (χ1) is 11.1. The summed E-state index contributed by atoms with van der Waals surface area (Å²) in [4.78, 5) is 16.4. The van der Waals surface area contributed by atoms with Crippen LogP contribution in [0, 0.1) is 13.8 Å². The Labute approximate surface area is 141 Å². The number of amides is 1. The molecule has 0 bridgehead atoms. The minimum atomic E-state index is -0.293. The van der Waals surface area contributed by atoms with Crippen molar-refractivity contribution >= 4 is 33.7 Å². The maximum Gasteiger partial charge on any atom is 0.276 e. The van der Waals surface area contributed by atoms with Crippen LogP contribution in [0.3, 0.4) is 0 Å². The lowest BCUT2D eigenvalue weighted by Gasteiger charge is -2.03. The van der Waals surface area contributed by atoms with E-state index < -0.39 is 0 Å². The van der Waals surface area contributed by atoms with Crippen molar-refractivity contribution in [3.8, 4) is 5.75 Å². The number of benzene rings is 1. The van der Waals surface area contributed by atoms with Crippen LogP contribution in [0.15, 0.2) is 29.6 Å². The molecule has 0 saturated heterocycles. The lowest BCUT2D eigenvalue weighted by molar-refractivity contribution is 0.102. The van der Waals surface area contributed by atoms with Crippen molar-refractivity contribution < 1.29 is 9.53 Å². The predicted molar refractivity (Wildman–Crippen MR) is 90.2 cm³/mol. The fourth-order valence-electron chi connectivity index (χ4n) is 1.77. The SMILES string of the molecule is Cc1ccc(OCc2nc(C(=O)Nc3nnc(C)s3)cs2)cc1. The molecule has 0 fully saturated rings. The Morgan fingerprint density at radius 3 is 2.70 bits per heavy atom. The number of hydrogen-bond acceptors (Lipinski definition) is 7. The van der Waals surface area contributed by atoms with E-state index in [1.54, 1.807) is 5.38 Å². The third kappa shape index (κ3) is 4.11. The Kier molecular flexibility index (Phi) is 4.63. The summed E-state index contributed by atoms with van der Waals surface area (Å²) in [5, 5.41) is 14.1. The lowest BCUT2D eigenvalue weighted by Crippen LogP contribution is -2.12. The smallest absolute Gasteiger partial charge is 0.276 e. The molecular formula is C15H14N4O2S2. The second kappa shape index (κ2) is 6.84. The van der Waals surface area contributed by atoms with E-state index in [9.17, 15) is 4.79 Å². The van der Waals surface area contributed by atoms with Gasteiger partial charge in [-0.05, 0) is 26.0 Å². The maximum atomic E-state index is 12.1. The van der Waals surface area contributed by atoms with Crippen LogP contribution >= 0.6 is 22.7 Å². The molecule has 0 aliphatic rings. The number of aromatic nitrogens is 3. The highest BCUT2D eigenvalue weighted by molar-refractivity contribution is 7.15. The van der Waals surface area contributed by atoms with E-state index in [0.29, 0.717) is 17.4 Å². The van der Waals surface area contributed by atoms with E-state index in [2.05, 4.69) is 20.5 Å². The third-order valence-electron chi connectivity index (χ3n) is 2.91. The van der Waals surface area contributed by atoms with E-state index in [-0.39, 0.29) is 5.91 Å². The van der Waals surface area contributed by atoms with E-state index in [1.165, 1.54) is 28.2 Å². The minimum Gasteiger partial charge on any atom is -0.486 e. The first-order valence-corrected chi connectivity index (χ1v) is 8.55. The van der Waals surface area contributed by atoms with Gasteiger partial charge in [0.15, 0.2) is 0 Å². The Hall–Kier alpha value is -2.32. The zero-order valence-corrected chi connectivity index (χ0v) is 14.2. The van der Waals surface area contributed by atoms with Crippen molar-refractivity contribution in [3.05, 3.63) is 50.9 Å². The van der Waals surface area contributed by atoms with Crippen LogP contribution in [-0.4, -0.2) is 21.1 Å². The molecule has 1 amide bonds. The van der Waals surface area contributed by atoms with Gasteiger partial charge in [-0.1, -0.05) is 29.0 Å². The number of carbonyl (C=O) groups excluding carboxylic acids is 1. The van der Waals surface area contributed by atoms with Gasteiger partial charge in [0.05, 0.1) is 0 Å². The van der Waals surface area contributed by atoms with Gasteiger partial charge in [0.1, 0.15) is 28.1 Å². The number of hydrogen-bond donors (Lipinski definition) is 1. The van der Waals surface area contributed by atoms with Crippen LogP contribution in [0.4, 0.5) is 5.13 Å². The molecule has 2 aromatic heterocycles. The largest absolute Gasteiger partial charge is 0.486 e. The van der Waals surface area contributed by atoms with Crippen LogP contribution in [0.5, 0.6) is 5.75 Å². The maximum absolute atomic E-state index is 12.1. The van der Waals surface area contributed by atoms with Gasteiger partial charge in [0.2, 0.25) is 5.13 Å². The molecule has 3 aromatic rings. The average Bonchev–Trinajstić information content (AvgIpc) is 3.16. The summed E-state index contributed by atoms with van der Waals surface area (Å²) < 4.78 is 5.66. The van der Waals surface area contributed by atoms with Gasteiger partial charge in [0, 0.05) is 5.38 Å². The number of rotatable bonds is 5. The predicted octanol–water partition coefficient (Wildman–Crippen LogP) is 3.44. The van der Waals surface area contributed by atoms with Crippen molar-refractivity contribution in [1.29, 1.82) is 0 Å².